The standard InChI is InChI=1S/C59H96O6/c1-4-7-10-13-16-19-22-25-28-29-30-32-34-37-40-43-46-49-52-58(61)64-55-56(54-63-57(60)51-48-45-42-39-36-33-27-24-21-18-15-12-9-6-3)65-59(62)53-50-47-44-41-38-35-31-26-23-20-17-14-11-8-5-2/h8,11,14,16-17,19-20,22-23,25-26,28-33,36,56H,4-7,9-10,12-13,15,18,21,24,27,34-35,37-55H2,1-3H3/b11-8-,17-14-,19-16-,23-20-,25-22-,29-28-,31-26-,32-30-,36-33-. The predicted octanol–water partition coefficient (Wildman–Crippen LogP) is 17.5. The number of carbonyl (C=O) groups excluding carboxylic acids is 3. The molecule has 368 valence electrons. The Hall–Kier alpha value is -3.93. The monoisotopic (exact) mass is 901 g/mol. The van der Waals surface area contributed by atoms with E-state index in [0.717, 1.165) is 122 Å². The van der Waals surface area contributed by atoms with Crippen molar-refractivity contribution in [2.45, 2.75) is 232 Å². The van der Waals surface area contributed by atoms with E-state index in [9.17, 15) is 14.4 Å². The van der Waals surface area contributed by atoms with Gasteiger partial charge in [0, 0.05) is 19.3 Å². The molecule has 0 saturated carbocycles. The van der Waals surface area contributed by atoms with E-state index < -0.39 is 6.10 Å². The average molecular weight is 901 g/mol. The smallest absolute Gasteiger partial charge is 0.306 e. The lowest BCUT2D eigenvalue weighted by Crippen LogP contribution is -2.30. The zero-order chi connectivity index (χ0) is 47.2. The Kier molecular flexibility index (Phi) is 49.5. The minimum Gasteiger partial charge on any atom is -0.462 e. The lowest BCUT2D eigenvalue weighted by atomic mass is 10.1. The number of esters is 3. The van der Waals surface area contributed by atoms with Gasteiger partial charge in [0.05, 0.1) is 0 Å². The Labute approximate surface area is 400 Å². The van der Waals surface area contributed by atoms with Crippen LogP contribution in [0, 0.1) is 0 Å². The molecule has 0 spiro atoms. The fourth-order valence-corrected chi connectivity index (χ4v) is 6.93. The van der Waals surface area contributed by atoms with Gasteiger partial charge >= 0.3 is 17.9 Å². The Morgan fingerprint density at radius 2 is 0.615 bits per heavy atom. The molecule has 65 heavy (non-hydrogen) atoms. The highest BCUT2D eigenvalue weighted by Crippen LogP contribution is 2.13. The van der Waals surface area contributed by atoms with Gasteiger partial charge in [-0.1, -0.05) is 226 Å². The molecule has 0 aromatic rings. The molecule has 0 radical (unpaired) electrons. The molecule has 0 saturated heterocycles. The summed E-state index contributed by atoms with van der Waals surface area (Å²) in [6.07, 6.45) is 70.6. The van der Waals surface area contributed by atoms with E-state index >= 15 is 0 Å². The summed E-state index contributed by atoms with van der Waals surface area (Å²) in [5, 5.41) is 0. The average Bonchev–Trinajstić information content (AvgIpc) is 3.30. The SMILES string of the molecule is CC\C=C/C=C\C=C/C=C\CCCCCCCC(=O)OC(COC(=O)CCCCC/C=C\CCCCCCCCC)COC(=O)CCCCCCC\C=C/C=C\C=C/C=C\CCCCC. The van der Waals surface area contributed by atoms with Gasteiger partial charge in [-0.2, -0.15) is 0 Å². The summed E-state index contributed by atoms with van der Waals surface area (Å²) in [5.41, 5.74) is 0. The summed E-state index contributed by atoms with van der Waals surface area (Å²) < 4.78 is 16.8. The number of unbranched alkanes of at least 4 members (excludes halogenated alkanes) is 23. The maximum absolute atomic E-state index is 12.8. The Morgan fingerprint density at radius 1 is 0.323 bits per heavy atom. The van der Waals surface area contributed by atoms with Crippen molar-refractivity contribution in [1.29, 1.82) is 0 Å². The van der Waals surface area contributed by atoms with Crippen molar-refractivity contribution in [2.75, 3.05) is 13.2 Å². The first-order chi connectivity index (χ1) is 32.0. The highest BCUT2D eigenvalue weighted by molar-refractivity contribution is 5.71. The van der Waals surface area contributed by atoms with Crippen molar-refractivity contribution in [2.24, 2.45) is 0 Å². The van der Waals surface area contributed by atoms with E-state index in [1.54, 1.807) is 0 Å². The second kappa shape index (κ2) is 52.7. The van der Waals surface area contributed by atoms with Crippen molar-refractivity contribution < 1.29 is 28.6 Å². The van der Waals surface area contributed by atoms with Gasteiger partial charge in [0.2, 0.25) is 0 Å². The van der Waals surface area contributed by atoms with E-state index in [1.807, 2.05) is 24.3 Å². The van der Waals surface area contributed by atoms with E-state index in [0.29, 0.717) is 19.3 Å². The molecule has 0 aromatic carbocycles. The molecule has 0 rings (SSSR count). The Bertz CT molecular complexity index is 1360. The molecule has 0 bridgehead atoms. The first-order valence-electron chi connectivity index (χ1n) is 26.5. The van der Waals surface area contributed by atoms with Crippen LogP contribution in [0.2, 0.25) is 0 Å². The number of allylic oxidation sites excluding steroid dienone is 18. The summed E-state index contributed by atoms with van der Waals surface area (Å²) in [5.74, 6) is -0.971. The molecule has 1 atom stereocenters. The molecular formula is C59H96O6. The van der Waals surface area contributed by atoms with Crippen LogP contribution in [0.25, 0.3) is 0 Å². The summed E-state index contributed by atoms with van der Waals surface area (Å²) in [4.78, 5) is 38.0. The first kappa shape index (κ1) is 61.1. The van der Waals surface area contributed by atoms with E-state index in [1.165, 1.54) is 64.2 Å². The number of hydrogen-bond donors (Lipinski definition) is 0. The van der Waals surface area contributed by atoms with Gasteiger partial charge in [-0.05, 0) is 89.9 Å². The molecule has 0 aliphatic rings. The lowest BCUT2D eigenvalue weighted by Gasteiger charge is -2.18. The fourth-order valence-electron chi connectivity index (χ4n) is 6.93. The van der Waals surface area contributed by atoms with E-state index in [-0.39, 0.29) is 31.1 Å². The van der Waals surface area contributed by atoms with Gasteiger partial charge in [0.15, 0.2) is 6.10 Å². The molecule has 0 heterocycles. The summed E-state index contributed by atoms with van der Waals surface area (Å²) in [7, 11) is 0. The second-order valence-electron chi connectivity index (χ2n) is 17.2. The Morgan fingerprint density at radius 3 is 1.03 bits per heavy atom. The quantitative estimate of drug-likeness (QED) is 0.0199. The highest BCUT2D eigenvalue weighted by atomic mass is 16.6. The zero-order valence-electron chi connectivity index (χ0n) is 42.0. The minimum atomic E-state index is -0.808. The van der Waals surface area contributed by atoms with Gasteiger partial charge < -0.3 is 14.2 Å². The predicted molar refractivity (Wildman–Crippen MR) is 279 cm³/mol. The van der Waals surface area contributed by atoms with Crippen LogP contribution < -0.4 is 0 Å². The molecule has 0 aromatic heterocycles. The first-order valence-corrected chi connectivity index (χ1v) is 26.5. The maximum atomic E-state index is 12.8. The molecule has 0 fully saturated rings. The summed E-state index contributed by atoms with van der Waals surface area (Å²) in [6.45, 7) is 6.39. The molecule has 0 N–H and O–H groups in total. The Balaban J connectivity index is 4.51. The summed E-state index contributed by atoms with van der Waals surface area (Å²) in [6, 6.07) is 0. The van der Waals surface area contributed by atoms with Crippen molar-refractivity contribution in [3.8, 4) is 0 Å². The minimum absolute atomic E-state index is 0.106. The lowest BCUT2D eigenvalue weighted by molar-refractivity contribution is -0.167. The van der Waals surface area contributed by atoms with Crippen LogP contribution in [0.5, 0.6) is 0 Å². The molecule has 0 aliphatic heterocycles. The third-order valence-corrected chi connectivity index (χ3v) is 10.9. The van der Waals surface area contributed by atoms with Gasteiger partial charge in [-0.3, -0.25) is 14.4 Å². The third kappa shape index (κ3) is 50.9. The second-order valence-corrected chi connectivity index (χ2v) is 17.2. The van der Waals surface area contributed by atoms with Gasteiger partial charge in [-0.15, -0.1) is 0 Å². The van der Waals surface area contributed by atoms with E-state index in [2.05, 4.69) is 106 Å². The van der Waals surface area contributed by atoms with Crippen molar-refractivity contribution in [3.05, 3.63) is 109 Å². The zero-order valence-corrected chi connectivity index (χ0v) is 42.0. The molecule has 1 unspecified atom stereocenters. The van der Waals surface area contributed by atoms with Gasteiger partial charge in [0.1, 0.15) is 13.2 Å². The van der Waals surface area contributed by atoms with Crippen molar-refractivity contribution in [1.82, 2.24) is 0 Å². The van der Waals surface area contributed by atoms with Crippen LogP contribution in [-0.4, -0.2) is 37.2 Å². The molecule has 0 aliphatic carbocycles. The number of rotatable bonds is 46. The van der Waals surface area contributed by atoms with Crippen LogP contribution in [-0.2, 0) is 28.6 Å². The van der Waals surface area contributed by atoms with Crippen LogP contribution in [0.4, 0.5) is 0 Å². The molecular weight excluding hydrogens is 805 g/mol. The van der Waals surface area contributed by atoms with Crippen LogP contribution >= 0.6 is 0 Å². The number of hydrogen-bond acceptors (Lipinski definition) is 6. The topological polar surface area (TPSA) is 78.9 Å². The largest absolute Gasteiger partial charge is 0.462 e. The van der Waals surface area contributed by atoms with Crippen LogP contribution in [0.1, 0.15) is 226 Å². The van der Waals surface area contributed by atoms with E-state index in [4.69, 9.17) is 14.2 Å². The van der Waals surface area contributed by atoms with Crippen molar-refractivity contribution in [3.63, 3.8) is 0 Å². The normalized spacial score (nSPS) is 13.0. The van der Waals surface area contributed by atoms with Crippen molar-refractivity contribution >= 4 is 17.9 Å². The third-order valence-electron chi connectivity index (χ3n) is 10.9. The fraction of sp³-hybridized carbons (Fsp3) is 0.644. The van der Waals surface area contributed by atoms with Gasteiger partial charge in [0.25, 0.3) is 0 Å². The van der Waals surface area contributed by atoms with Crippen LogP contribution in [0.15, 0.2) is 109 Å². The van der Waals surface area contributed by atoms with Crippen LogP contribution in [0.3, 0.4) is 0 Å². The molecule has 6 nitrogen and oxygen atoms in total. The summed E-state index contributed by atoms with van der Waals surface area (Å²) >= 11 is 0. The van der Waals surface area contributed by atoms with Gasteiger partial charge in [-0.25, -0.2) is 0 Å². The molecule has 0 amide bonds. The molecule has 6 heteroatoms. The highest BCUT2D eigenvalue weighted by Gasteiger charge is 2.19. The number of ether oxygens (including phenoxy) is 3. The maximum Gasteiger partial charge on any atom is 0.306 e. The number of carbonyl (C=O) groups is 3.